The molecule has 1 N–H and O–H groups in total. The Labute approximate surface area is 163 Å². The third-order valence-corrected chi connectivity index (χ3v) is 5.61. The molecule has 5 nitrogen and oxygen atoms in total. The lowest BCUT2D eigenvalue weighted by atomic mass is 9.60. The Kier molecular flexibility index (Phi) is 7.04. The Hall–Kier alpha value is -1.96. The molecular weight excluding hydrogens is 373 g/mol. The minimum Gasteiger partial charge on any atom is -0.488 e. The Morgan fingerprint density at radius 2 is 1.89 bits per heavy atom. The molecule has 3 rings (SSSR count). The number of amides is 1. The number of nitrogens with zero attached hydrogens (tertiary/aromatic N) is 1. The van der Waals surface area contributed by atoms with Crippen molar-refractivity contribution in [3.63, 3.8) is 0 Å². The van der Waals surface area contributed by atoms with Crippen molar-refractivity contribution < 1.29 is 27.4 Å². The van der Waals surface area contributed by atoms with Crippen LogP contribution in [0.1, 0.15) is 31.2 Å². The van der Waals surface area contributed by atoms with Crippen molar-refractivity contribution in [2.75, 3.05) is 33.0 Å². The van der Waals surface area contributed by atoms with E-state index in [1.807, 2.05) is 12.1 Å². The molecule has 0 atom stereocenters. The first-order chi connectivity index (χ1) is 13.5. The highest BCUT2D eigenvalue weighted by molar-refractivity contribution is 5.67. The maximum atomic E-state index is 12.2. The van der Waals surface area contributed by atoms with E-state index in [0.717, 1.165) is 50.9 Å². The minimum absolute atomic E-state index is 0.124. The summed E-state index contributed by atoms with van der Waals surface area (Å²) in [4.78, 5) is 13.9. The number of alkyl halides is 3. The molecule has 1 spiro atoms. The van der Waals surface area contributed by atoms with Gasteiger partial charge in [0, 0.05) is 12.6 Å². The fourth-order valence-electron chi connectivity index (χ4n) is 4.13. The number of carbonyl (C=O) groups is 1. The summed E-state index contributed by atoms with van der Waals surface area (Å²) < 4.78 is 46.1. The first kappa shape index (κ1) is 20.8. The largest absolute Gasteiger partial charge is 0.488 e. The molecule has 1 aliphatic carbocycles. The molecule has 1 aromatic rings. The molecule has 1 heterocycles. The van der Waals surface area contributed by atoms with Gasteiger partial charge in [0.1, 0.15) is 25.6 Å². The fraction of sp³-hybridized carbons (Fsp3) is 0.650. The van der Waals surface area contributed by atoms with Crippen LogP contribution >= 0.6 is 0 Å². The summed E-state index contributed by atoms with van der Waals surface area (Å²) in [5.74, 6) is 0.458. The van der Waals surface area contributed by atoms with Gasteiger partial charge in [0.25, 0.3) is 6.43 Å². The number of hydrogen-bond acceptors (Lipinski definition) is 4. The van der Waals surface area contributed by atoms with Crippen LogP contribution in [0.4, 0.5) is 18.0 Å². The highest BCUT2D eigenvalue weighted by atomic mass is 19.3. The molecule has 0 bridgehead atoms. The van der Waals surface area contributed by atoms with E-state index in [1.54, 1.807) is 12.1 Å². The van der Waals surface area contributed by atoms with Crippen LogP contribution < -0.4 is 10.1 Å². The smallest absolute Gasteiger partial charge is 0.407 e. The van der Waals surface area contributed by atoms with Gasteiger partial charge in [-0.25, -0.2) is 18.0 Å². The van der Waals surface area contributed by atoms with E-state index in [4.69, 9.17) is 9.47 Å². The van der Waals surface area contributed by atoms with E-state index in [9.17, 15) is 18.0 Å². The molecular formula is C20H27F3N2O3. The number of halogens is 3. The van der Waals surface area contributed by atoms with Gasteiger partial charge in [-0.2, -0.15) is 0 Å². The zero-order valence-electron chi connectivity index (χ0n) is 15.8. The van der Waals surface area contributed by atoms with Gasteiger partial charge in [-0.3, -0.25) is 4.90 Å². The summed E-state index contributed by atoms with van der Waals surface area (Å²) >= 11 is 0. The Morgan fingerprint density at radius 3 is 2.50 bits per heavy atom. The van der Waals surface area contributed by atoms with Gasteiger partial charge in [-0.1, -0.05) is 12.1 Å². The molecule has 0 radical (unpaired) electrons. The van der Waals surface area contributed by atoms with Crippen LogP contribution in [0.15, 0.2) is 24.3 Å². The van der Waals surface area contributed by atoms with Gasteiger partial charge in [0.05, 0.1) is 0 Å². The average molecular weight is 400 g/mol. The lowest BCUT2D eigenvalue weighted by Crippen LogP contribution is -2.54. The lowest BCUT2D eigenvalue weighted by molar-refractivity contribution is 0.00314. The summed E-state index contributed by atoms with van der Waals surface area (Å²) in [6, 6.07) is 7.41. The second-order valence-corrected chi connectivity index (χ2v) is 7.70. The van der Waals surface area contributed by atoms with Crippen LogP contribution in [-0.4, -0.2) is 56.4 Å². The monoisotopic (exact) mass is 400 g/mol. The quantitative estimate of drug-likeness (QED) is 0.722. The number of piperidine rings is 1. The third-order valence-electron chi connectivity index (χ3n) is 5.61. The van der Waals surface area contributed by atoms with E-state index >= 15 is 0 Å². The SMILES string of the molecule is O=C(NC1CC2(CCN(Cc3ccc(OCC(F)F)cc3)CC2)C1)OCCF. The normalized spacial score (nSPS) is 19.4. The van der Waals surface area contributed by atoms with E-state index in [2.05, 4.69) is 10.2 Å². The Morgan fingerprint density at radius 1 is 1.21 bits per heavy atom. The molecule has 1 amide bonds. The van der Waals surface area contributed by atoms with Crippen molar-refractivity contribution in [1.82, 2.24) is 10.2 Å². The zero-order chi connectivity index (χ0) is 20.0. The van der Waals surface area contributed by atoms with Crippen molar-refractivity contribution in [1.29, 1.82) is 0 Å². The summed E-state index contributed by atoms with van der Waals surface area (Å²) in [5.41, 5.74) is 1.42. The molecule has 0 unspecified atom stereocenters. The van der Waals surface area contributed by atoms with Crippen LogP contribution in [0, 0.1) is 5.41 Å². The maximum absolute atomic E-state index is 12.2. The van der Waals surface area contributed by atoms with Gasteiger partial charge in [-0.05, 0) is 61.9 Å². The minimum atomic E-state index is -2.47. The summed E-state index contributed by atoms with van der Waals surface area (Å²) in [6.07, 6.45) is 1.06. The molecule has 2 aliphatic rings. The third kappa shape index (κ3) is 5.77. The number of carbonyl (C=O) groups excluding carboxylic acids is 1. The molecule has 0 aromatic heterocycles. The van der Waals surface area contributed by atoms with Crippen LogP contribution in [-0.2, 0) is 11.3 Å². The molecule has 28 heavy (non-hydrogen) atoms. The Balaban J connectivity index is 1.36. The van der Waals surface area contributed by atoms with Crippen molar-refractivity contribution in [2.45, 2.75) is 44.7 Å². The summed E-state index contributed by atoms with van der Waals surface area (Å²) in [7, 11) is 0. The molecule has 8 heteroatoms. The van der Waals surface area contributed by atoms with Crippen molar-refractivity contribution >= 4 is 6.09 Å². The lowest BCUT2D eigenvalue weighted by Gasteiger charge is -2.52. The highest BCUT2D eigenvalue weighted by Crippen LogP contribution is 2.49. The standard InChI is InChI=1S/C20H27F3N2O3/c21-7-10-27-19(26)24-16-11-20(12-16)5-8-25(9-6-20)13-15-1-3-17(4-2-15)28-14-18(22)23/h1-4,16,18H,5-14H2,(H,24,26). The molecule has 2 fully saturated rings. The first-order valence-electron chi connectivity index (χ1n) is 9.69. The first-order valence-corrected chi connectivity index (χ1v) is 9.69. The van der Waals surface area contributed by atoms with Gasteiger partial charge >= 0.3 is 6.09 Å². The average Bonchev–Trinajstić information content (AvgIpc) is 2.66. The van der Waals surface area contributed by atoms with E-state index < -0.39 is 25.8 Å². The van der Waals surface area contributed by atoms with E-state index in [-0.39, 0.29) is 12.6 Å². The van der Waals surface area contributed by atoms with Crippen molar-refractivity contribution in [2.24, 2.45) is 5.41 Å². The van der Waals surface area contributed by atoms with Gasteiger partial charge in [-0.15, -0.1) is 0 Å². The second-order valence-electron chi connectivity index (χ2n) is 7.70. The Bertz CT molecular complexity index is 626. The van der Waals surface area contributed by atoms with Crippen LogP contribution in [0.2, 0.25) is 0 Å². The predicted molar refractivity (Wildman–Crippen MR) is 98.4 cm³/mol. The topological polar surface area (TPSA) is 50.8 Å². The maximum Gasteiger partial charge on any atom is 0.407 e. The summed E-state index contributed by atoms with van der Waals surface area (Å²) in [5, 5.41) is 2.80. The number of nitrogens with one attached hydrogen (secondary N) is 1. The zero-order valence-corrected chi connectivity index (χ0v) is 15.8. The fourth-order valence-corrected chi connectivity index (χ4v) is 4.13. The molecule has 1 saturated heterocycles. The van der Waals surface area contributed by atoms with Crippen molar-refractivity contribution in [3.8, 4) is 5.75 Å². The number of alkyl carbamates (subject to hydrolysis) is 1. The number of rotatable bonds is 8. The van der Waals surface area contributed by atoms with Gasteiger partial charge < -0.3 is 14.8 Å². The molecule has 1 aromatic carbocycles. The van der Waals surface area contributed by atoms with E-state index in [0.29, 0.717) is 11.2 Å². The van der Waals surface area contributed by atoms with E-state index in [1.165, 1.54) is 0 Å². The van der Waals surface area contributed by atoms with Gasteiger partial charge in [0.15, 0.2) is 0 Å². The van der Waals surface area contributed by atoms with Crippen molar-refractivity contribution in [3.05, 3.63) is 29.8 Å². The number of likely N-dealkylation sites (tertiary alicyclic amines) is 1. The predicted octanol–water partition coefficient (Wildman–Crippen LogP) is 3.77. The van der Waals surface area contributed by atoms with Crippen LogP contribution in [0.3, 0.4) is 0 Å². The second kappa shape index (κ2) is 9.49. The molecule has 1 aliphatic heterocycles. The molecule has 156 valence electrons. The van der Waals surface area contributed by atoms with Crippen LogP contribution in [0.5, 0.6) is 5.75 Å². The highest BCUT2D eigenvalue weighted by Gasteiger charge is 2.46. The number of hydrogen-bond donors (Lipinski definition) is 1. The van der Waals surface area contributed by atoms with Gasteiger partial charge in [0.2, 0.25) is 0 Å². The number of benzene rings is 1. The van der Waals surface area contributed by atoms with Crippen LogP contribution in [0.25, 0.3) is 0 Å². The number of ether oxygens (including phenoxy) is 2. The molecule has 1 saturated carbocycles. The summed E-state index contributed by atoms with van der Waals surface area (Å²) in [6.45, 7) is 1.35.